The smallest absolute Gasteiger partial charge is 0.268 e. The third kappa shape index (κ3) is 3.97. The van der Waals surface area contributed by atoms with Gasteiger partial charge in [0.05, 0.1) is 28.8 Å². The standard InChI is InChI=1S/C33H26N3O2S2/c1-34-28-10-6-7-11-29(28)39-31(34)20-32-35(2)33(37)30(40-32)19-21-12-17-27-25(18-21)24-8-4-5-9-26(24)36(27)22-13-15-23(38-3)16-14-22/h4-20H,1-3H3/q+1/b30-19+. The van der Waals surface area contributed by atoms with Crippen LogP contribution in [-0.4, -0.2) is 16.2 Å². The van der Waals surface area contributed by atoms with E-state index < -0.39 is 0 Å². The quantitative estimate of drug-likeness (QED) is 0.276. The van der Waals surface area contributed by atoms with Gasteiger partial charge in [0.2, 0.25) is 5.52 Å². The van der Waals surface area contributed by atoms with Gasteiger partial charge in [-0.2, -0.15) is 4.57 Å². The van der Waals surface area contributed by atoms with Gasteiger partial charge in [-0.1, -0.05) is 47.7 Å². The molecule has 0 aliphatic heterocycles. The number of fused-ring (bicyclic) bond motifs is 4. The summed E-state index contributed by atoms with van der Waals surface area (Å²) in [6.07, 6.45) is 4.12. The Labute approximate surface area is 238 Å². The van der Waals surface area contributed by atoms with Gasteiger partial charge in [-0.15, -0.1) is 11.3 Å². The second kappa shape index (κ2) is 9.62. The number of hydrogen-bond donors (Lipinski definition) is 0. The molecule has 40 heavy (non-hydrogen) atoms. The molecule has 0 N–H and O–H groups in total. The molecule has 7 rings (SSSR count). The molecule has 3 aromatic heterocycles. The van der Waals surface area contributed by atoms with Gasteiger partial charge in [-0.05, 0) is 60.2 Å². The highest BCUT2D eigenvalue weighted by atomic mass is 32.1. The molecule has 0 unspecified atom stereocenters. The van der Waals surface area contributed by atoms with Crippen molar-refractivity contribution >= 4 is 66.8 Å². The number of para-hydroxylation sites is 2. The molecule has 7 heteroatoms. The molecular formula is C33H26N3O2S2+. The molecule has 4 aromatic carbocycles. The highest BCUT2D eigenvalue weighted by Crippen LogP contribution is 2.33. The molecule has 0 fully saturated rings. The average Bonchev–Trinajstić information content (AvgIpc) is 3.58. The van der Waals surface area contributed by atoms with E-state index in [1.807, 2.05) is 25.3 Å². The molecule has 0 amide bonds. The molecule has 0 radical (unpaired) electrons. The lowest BCUT2D eigenvalue weighted by molar-refractivity contribution is -0.642. The van der Waals surface area contributed by atoms with Crippen LogP contribution in [0.2, 0.25) is 0 Å². The largest absolute Gasteiger partial charge is 0.497 e. The fourth-order valence-corrected chi connectivity index (χ4v) is 7.50. The van der Waals surface area contributed by atoms with E-state index in [0.29, 0.717) is 0 Å². The number of thiazole rings is 2. The lowest BCUT2D eigenvalue weighted by atomic mass is 10.1. The van der Waals surface area contributed by atoms with E-state index in [0.717, 1.165) is 47.6 Å². The first-order valence-electron chi connectivity index (χ1n) is 13.0. The van der Waals surface area contributed by atoms with Gasteiger partial charge in [0.15, 0.2) is 0 Å². The van der Waals surface area contributed by atoms with Crippen LogP contribution in [0, 0.1) is 0 Å². The van der Waals surface area contributed by atoms with Crippen molar-refractivity contribution in [2.45, 2.75) is 0 Å². The molecule has 196 valence electrons. The Balaban J connectivity index is 1.37. The fraction of sp³-hybridized carbons (Fsp3) is 0.0909. The minimum atomic E-state index is 0.0146. The van der Waals surface area contributed by atoms with Gasteiger partial charge in [-0.25, -0.2) is 0 Å². The van der Waals surface area contributed by atoms with E-state index in [9.17, 15) is 4.79 Å². The number of rotatable bonds is 4. The molecular weight excluding hydrogens is 535 g/mol. The number of benzene rings is 4. The molecule has 5 nitrogen and oxygen atoms in total. The zero-order valence-electron chi connectivity index (χ0n) is 22.3. The average molecular weight is 561 g/mol. The number of aryl methyl sites for hydroxylation is 1. The Morgan fingerprint density at radius 1 is 0.825 bits per heavy atom. The van der Waals surface area contributed by atoms with Gasteiger partial charge in [0.25, 0.3) is 10.6 Å². The molecule has 0 bridgehead atoms. The van der Waals surface area contributed by atoms with Crippen molar-refractivity contribution in [2.24, 2.45) is 14.1 Å². The van der Waals surface area contributed by atoms with Crippen molar-refractivity contribution in [2.75, 3.05) is 7.11 Å². The van der Waals surface area contributed by atoms with Crippen molar-refractivity contribution in [3.8, 4) is 11.4 Å². The zero-order valence-corrected chi connectivity index (χ0v) is 23.9. The summed E-state index contributed by atoms with van der Waals surface area (Å²) in [5, 5.41) is 3.43. The van der Waals surface area contributed by atoms with Crippen LogP contribution in [0.25, 0.3) is 49.9 Å². The Morgan fingerprint density at radius 3 is 2.38 bits per heavy atom. The van der Waals surface area contributed by atoms with E-state index in [1.165, 1.54) is 26.9 Å². The summed E-state index contributed by atoms with van der Waals surface area (Å²) in [5.74, 6) is 0.830. The van der Waals surface area contributed by atoms with Crippen molar-refractivity contribution in [3.63, 3.8) is 0 Å². The van der Waals surface area contributed by atoms with Crippen molar-refractivity contribution < 1.29 is 9.30 Å². The van der Waals surface area contributed by atoms with Gasteiger partial charge < -0.3 is 13.9 Å². The van der Waals surface area contributed by atoms with Crippen LogP contribution >= 0.6 is 22.7 Å². The van der Waals surface area contributed by atoms with Crippen LogP contribution in [-0.2, 0) is 14.1 Å². The number of ether oxygens (including phenoxy) is 1. The summed E-state index contributed by atoms with van der Waals surface area (Å²) in [7, 11) is 5.60. The van der Waals surface area contributed by atoms with Crippen molar-refractivity contribution in [3.05, 3.63) is 121 Å². The Morgan fingerprint density at radius 2 is 1.57 bits per heavy atom. The minimum absolute atomic E-state index is 0.0146. The highest BCUT2D eigenvalue weighted by molar-refractivity contribution is 7.19. The first-order chi connectivity index (χ1) is 19.5. The van der Waals surface area contributed by atoms with Crippen LogP contribution in [0.1, 0.15) is 10.6 Å². The zero-order chi connectivity index (χ0) is 27.4. The van der Waals surface area contributed by atoms with E-state index in [2.05, 4.69) is 101 Å². The number of hydrogen-bond acceptors (Lipinski definition) is 4. The fourth-order valence-electron chi connectivity index (χ4n) is 5.30. The van der Waals surface area contributed by atoms with Crippen molar-refractivity contribution in [1.82, 2.24) is 9.13 Å². The van der Waals surface area contributed by atoms with Crippen LogP contribution in [0.4, 0.5) is 0 Å². The van der Waals surface area contributed by atoms with Gasteiger partial charge in [0.1, 0.15) is 22.2 Å². The Bertz CT molecular complexity index is 2250. The van der Waals surface area contributed by atoms with Crippen LogP contribution < -0.4 is 24.1 Å². The molecule has 0 saturated carbocycles. The summed E-state index contributed by atoms with van der Waals surface area (Å²) >= 11 is 3.26. The summed E-state index contributed by atoms with van der Waals surface area (Å²) in [4.78, 5) is 13.3. The number of nitrogens with zero attached hydrogens (tertiary/aromatic N) is 3. The summed E-state index contributed by atoms with van der Waals surface area (Å²) < 4.78 is 14.4. The second-order valence-electron chi connectivity index (χ2n) is 9.75. The van der Waals surface area contributed by atoms with Crippen LogP contribution in [0.3, 0.4) is 0 Å². The Hall–Kier alpha value is -4.46. The normalized spacial score (nSPS) is 12.8. The first-order valence-corrected chi connectivity index (χ1v) is 14.6. The second-order valence-corrected chi connectivity index (χ2v) is 11.9. The molecule has 0 aliphatic carbocycles. The summed E-state index contributed by atoms with van der Waals surface area (Å²) in [6, 6.07) is 31.4. The predicted octanol–water partition coefficient (Wildman–Crippen LogP) is 5.25. The molecule has 7 aromatic rings. The van der Waals surface area contributed by atoms with E-state index in [1.54, 1.807) is 23.0 Å². The first kappa shape index (κ1) is 24.6. The third-order valence-corrected chi connectivity index (χ3v) is 9.68. The molecule has 0 aliphatic rings. The third-order valence-electron chi connectivity index (χ3n) is 7.40. The van der Waals surface area contributed by atoms with E-state index in [-0.39, 0.29) is 5.56 Å². The molecule has 0 spiro atoms. The summed E-state index contributed by atoms with van der Waals surface area (Å²) in [5.41, 5.74) is 5.54. The number of methoxy groups -OCH3 is 1. The molecule has 0 saturated heterocycles. The van der Waals surface area contributed by atoms with Crippen LogP contribution in [0.5, 0.6) is 5.75 Å². The minimum Gasteiger partial charge on any atom is -0.497 e. The molecule has 3 heterocycles. The SMILES string of the molecule is COc1ccc(-n2c3ccccc3c3cc(/C=c4/s/c(=C\c5sc6ccccc6[n+]5C)n(C)c4=O)ccc32)cc1. The lowest BCUT2D eigenvalue weighted by Crippen LogP contribution is -2.31. The maximum atomic E-state index is 13.3. The summed E-state index contributed by atoms with van der Waals surface area (Å²) in [6.45, 7) is 0. The topological polar surface area (TPSA) is 40.0 Å². The van der Waals surface area contributed by atoms with Gasteiger partial charge in [-0.3, -0.25) is 4.79 Å². The maximum absolute atomic E-state index is 13.3. The molecule has 0 atom stereocenters. The lowest BCUT2D eigenvalue weighted by Gasteiger charge is -2.08. The monoisotopic (exact) mass is 560 g/mol. The van der Waals surface area contributed by atoms with Gasteiger partial charge in [0, 0.05) is 29.6 Å². The highest BCUT2D eigenvalue weighted by Gasteiger charge is 2.15. The van der Waals surface area contributed by atoms with Gasteiger partial charge >= 0.3 is 0 Å². The predicted molar refractivity (Wildman–Crippen MR) is 166 cm³/mol. The Kier molecular flexibility index (Phi) is 5.91. The van der Waals surface area contributed by atoms with E-state index in [4.69, 9.17) is 4.74 Å². The van der Waals surface area contributed by atoms with Crippen LogP contribution in [0.15, 0.2) is 95.8 Å². The maximum Gasteiger partial charge on any atom is 0.268 e. The van der Waals surface area contributed by atoms with E-state index >= 15 is 0 Å². The number of aromatic nitrogens is 3. The van der Waals surface area contributed by atoms with Crippen molar-refractivity contribution in [1.29, 1.82) is 0 Å².